The summed E-state index contributed by atoms with van der Waals surface area (Å²) in [5, 5.41) is 9.39. The SMILES string of the molecule is CO.C[N+](C)(C)Cc1ccc(CCN=C=S)cc1. The van der Waals surface area contributed by atoms with Gasteiger partial charge in [-0.1, -0.05) is 24.3 Å². The number of aliphatic hydroxyl groups is 1. The van der Waals surface area contributed by atoms with Crippen LogP contribution >= 0.6 is 12.2 Å². The molecule has 0 spiro atoms. The van der Waals surface area contributed by atoms with E-state index >= 15 is 0 Å². The zero-order valence-electron chi connectivity index (χ0n) is 11.7. The van der Waals surface area contributed by atoms with E-state index < -0.39 is 0 Å². The van der Waals surface area contributed by atoms with Crippen LogP contribution in [-0.2, 0) is 13.0 Å². The molecule has 0 heterocycles. The third kappa shape index (κ3) is 8.09. The lowest BCUT2D eigenvalue weighted by Crippen LogP contribution is -2.33. The fourth-order valence-corrected chi connectivity index (χ4v) is 1.68. The van der Waals surface area contributed by atoms with Gasteiger partial charge in [0.25, 0.3) is 0 Å². The minimum atomic E-state index is 0.734. The van der Waals surface area contributed by atoms with Crippen molar-refractivity contribution in [2.24, 2.45) is 4.99 Å². The van der Waals surface area contributed by atoms with Crippen LogP contribution < -0.4 is 0 Å². The van der Waals surface area contributed by atoms with E-state index in [1.807, 2.05) is 0 Å². The predicted octanol–water partition coefficient (Wildman–Crippen LogP) is 2.15. The number of nitrogens with zero attached hydrogens (tertiary/aromatic N) is 2. The summed E-state index contributed by atoms with van der Waals surface area (Å²) in [5.41, 5.74) is 2.67. The van der Waals surface area contributed by atoms with E-state index in [1.54, 1.807) is 0 Å². The molecule has 3 nitrogen and oxygen atoms in total. The highest BCUT2D eigenvalue weighted by Crippen LogP contribution is 2.09. The van der Waals surface area contributed by atoms with E-state index in [1.165, 1.54) is 11.1 Å². The van der Waals surface area contributed by atoms with E-state index in [0.717, 1.165) is 31.1 Å². The summed E-state index contributed by atoms with van der Waals surface area (Å²) in [6, 6.07) is 8.73. The largest absolute Gasteiger partial charge is 0.400 e. The van der Waals surface area contributed by atoms with Crippen LogP contribution in [-0.4, -0.2) is 49.5 Å². The van der Waals surface area contributed by atoms with E-state index in [2.05, 4.69) is 67.8 Å². The van der Waals surface area contributed by atoms with Gasteiger partial charge < -0.3 is 9.59 Å². The summed E-state index contributed by atoms with van der Waals surface area (Å²) < 4.78 is 0.953. The first-order valence-electron chi connectivity index (χ1n) is 5.88. The topological polar surface area (TPSA) is 32.6 Å². The van der Waals surface area contributed by atoms with Crippen molar-refractivity contribution in [3.8, 4) is 0 Å². The Morgan fingerprint density at radius 2 is 1.61 bits per heavy atom. The quantitative estimate of drug-likeness (QED) is 0.504. The molecule has 4 heteroatoms. The van der Waals surface area contributed by atoms with Gasteiger partial charge in [0.2, 0.25) is 0 Å². The van der Waals surface area contributed by atoms with E-state index in [4.69, 9.17) is 5.11 Å². The van der Waals surface area contributed by atoms with Crippen molar-refractivity contribution >= 4 is 17.4 Å². The number of quaternary nitrogens is 1. The van der Waals surface area contributed by atoms with Gasteiger partial charge in [0.15, 0.2) is 0 Å². The molecule has 0 radical (unpaired) electrons. The zero-order valence-corrected chi connectivity index (χ0v) is 12.5. The van der Waals surface area contributed by atoms with Gasteiger partial charge in [-0.05, 0) is 24.2 Å². The Hall–Kier alpha value is -1.06. The number of benzene rings is 1. The highest BCUT2D eigenvalue weighted by molar-refractivity contribution is 7.78. The van der Waals surface area contributed by atoms with Crippen molar-refractivity contribution in [1.82, 2.24) is 0 Å². The number of isothiocyanates is 1. The van der Waals surface area contributed by atoms with Crippen LogP contribution in [0.2, 0.25) is 0 Å². The van der Waals surface area contributed by atoms with Crippen LogP contribution in [0.3, 0.4) is 0 Å². The Labute approximate surface area is 115 Å². The van der Waals surface area contributed by atoms with E-state index in [9.17, 15) is 0 Å². The van der Waals surface area contributed by atoms with Crippen molar-refractivity contribution in [2.75, 3.05) is 34.8 Å². The van der Waals surface area contributed by atoms with Gasteiger partial charge >= 0.3 is 0 Å². The van der Waals surface area contributed by atoms with Crippen molar-refractivity contribution in [2.45, 2.75) is 13.0 Å². The van der Waals surface area contributed by atoms with Crippen molar-refractivity contribution in [3.05, 3.63) is 35.4 Å². The van der Waals surface area contributed by atoms with Gasteiger partial charge in [-0.3, -0.25) is 0 Å². The number of thiocarbonyl (C=S) groups is 1. The molecular weight excluding hydrogens is 244 g/mol. The molecule has 0 amide bonds. The van der Waals surface area contributed by atoms with Gasteiger partial charge in [0.05, 0.1) is 32.8 Å². The summed E-state index contributed by atoms with van der Waals surface area (Å²) in [5.74, 6) is 0. The van der Waals surface area contributed by atoms with Crippen molar-refractivity contribution < 1.29 is 9.59 Å². The standard InChI is InChI=1S/C13H19N2S.CH4O/c1-15(2,3)10-13-6-4-12(5-7-13)8-9-14-11-16;1-2/h4-7H,8-10H2,1-3H3;2H,1H3/q+1;. The van der Waals surface area contributed by atoms with Crippen molar-refractivity contribution in [3.63, 3.8) is 0 Å². The first-order valence-corrected chi connectivity index (χ1v) is 6.29. The van der Waals surface area contributed by atoms with Crippen LogP contribution in [0, 0.1) is 0 Å². The molecule has 0 saturated carbocycles. The van der Waals surface area contributed by atoms with Crippen LogP contribution in [0.5, 0.6) is 0 Å². The number of rotatable bonds is 5. The normalized spacial score (nSPS) is 10.1. The lowest BCUT2D eigenvalue weighted by molar-refractivity contribution is -0.884. The average molecular weight is 267 g/mol. The summed E-state index contributed by atoms with van der Waals surface area (Å²) in [7, 11) is 7.59. The number of aliphatic hydroxyl groups excluding tert-OH is 1. The second-order valence-corrected chi connectivity index (χ2v) is 5.17. The zero-order chi connectivity index (χ0) is 14.0. The Morgan fingerprint density at radius 1 is 1.11 bits per heavy atom. The minimum Gasteiger partial charge on any atom is -0.400 e. The first-order chi connectivity index (χ1) is 8.51. The molecular formula is C14H23N2OS+. The second kappa shape index (κ2) is 8.95. The molecule has 0 unspecified atom stereocenters. The molecule has 0 aliphatic carbocycles. The van der Waals surface area contributed by atoms with Crippen molar-refractivity contribution in [1.29, 1.82) is 0 Å². The molecule has 1 aromatic rings. The third-order valence-corrected chi connectivity index (χ3v) is 2.39. The molecule has 0 fully saturated rings. The third-order valence-electron chi connectivity index (χ3n) is 2.26. The van der Waals surface area contributed by atoms with Crippen LogP contribution in [0.15, 0.2) is 29.3 Å². The van der Waals surface area contributed by atoms with Crippen LogP contribution in [0.4, 0.5) is 0 Å². The number of hydrogen-bond acceptors (Lipinski definition) is 3. The molecule has 0 aromatic heterocycles. The molecule has 1 rings (SSSR count). The average Bonchev–Trinajstić information content (AvgIpc) is 2.32. The number of hydrogen-bond donors (Lipinski definition) is 1. The van der Waals surface area contributed by atoms with Gasteiger partial charge in [0, 0.05) is 12.7 Å². The highest BCUT2D eigenvalue weighted by atomic mass is 32.1. The Kier molecular flexibility index (Phi) is 8.42. The second-order valence-electron chi connectivity index (χ2n) is 4.99. The first kappa shape index (κ1) is 16.9. The Balaban J connectivity index is 0.00000137. The molecule has 1 aromatic carbocycles. The maximum atomic E-state index is 7.00. The summed E-state index contributed by atoms with van der Waals surface area (Å²) in [6.07, 6.45) is 0.939. The van der Waals surface area contributed by atoms with Gasteiger partial charge in [-0.15, -0.1) is 0 Å². The molecule has 100 valence electrons. The molecule has 0 atom stereocenters. The van der Waals surface area contributed by atoms with Crippen LogP contribution in [0.1, 0.15) is 11.1 Å². The lowest BCUT2D eigenvalue weighted by Gasteiger charge is -2.23. The number of aliphatic imine (C=N–C) groups is 1. The fraction of sp³-hybridized carbons (Fsp3) is 0.500. The van der Waals surface area contributed by atoms with Crippen LogP contribution in [0.25, 0.3) is 0 Å². The smallest absolute Gasteiger partial charge is 0.104 e. The maximum absolute atomic E-state index is 7.00. The van der Waals surface area contributed by atoms with Gasteiger partial charge in [-0.25, -0.2) is 4.99 Å². The molecule has 0 bridgehead atoms. The predicted molar refractivity (Wildman–Crippen MR) is 79.9 cm³/mol. The minimum absolute atomic E-state index is 0.734. The van der Waals surface area contributed by atoms with E-state index in [-0.39, 0.29) is 0 Å². The lowest BCUT2D eigenvalue weighted by atomic mass is 10.1. The molecule has 0 aliphatic heterocycles. The molecule has 0 saturated heterocycles. The molecule has 0 aliphatic rings. The maximum Gasteiger partial charge on any atom is 0.104 e. The Bertz CT molecular complexity index is 376. The highest BCUT2D eigenvalue weighted by Gasteiger charge is 2.07. The summed E-state index contributed by atoms with van der Waals surface area (Å²) >= 11 is 4.53. The summed E-state index contributed by atoms with van der Waals surface area (Å²) in [4.78, 5) is 3.91. The summed E-state index contributed by atoms with van der Waals surface area (Å²) in [6.45, 7) is 1.79. The monoisotopic (exact) mass is 267 g/mol. The molecule has 1 N–H and O–H groups in total. The van der Waals surface area contributed by atoms with E-state index in [0.29, 0.717) is 0 Å². The van der Waals surface area contributed by atoms with Gasteiger partial charge in [0.1, 0.15) is 6.54 Å². The molecule has 18 heavy (non-hydrogen) atoms. The van der Waals surface area contributed by atoms with Gasteiger partial charge in [-0.2, -0.15) is 0 Å². The fourth-order valence-electron chi connectivity index (χ4n) is 1.59. The Morgan fingerprint density at radius 3 is 2.06 bits per heavy atom.